The maximum atomic E-state index is 12.7. The van der Waals surface area contributed by atoms with Gasteiger partial charge in [-0.25, -0.2) is 15.0 Å². The maximum Gasteiger partial charge on any atom is 0.257 e. The zero-order valence-electron chi connectivity index (χ0n) is 21.4. The molecular weight excluding hydrogens is 468 g/mol. The Kier molecular flexibility index (Phi) is 7.45. The first-order chi connectivity index (χ1) is 17.2. The average Bonchev–Trinajstić information content (AvgIpc) is 3.49. The number of aromatic nitrogens is 6. The van der Waals surface area contributed by atoms with Crippen molar-refractivity contribution < 1.29 is 4.79 Å². The van der Waals surface area contributed by atoms with Crippen molar-refractivity contribution in [3.63, 3.8) is 0 Å². The van der Waals surface area contributed by atoms with Crippen molar-refractivity contribution in [1.29, 1.82) is 0 Å². The number of H-pyrrole nitrogens is 1. The van der Waals surface area contributed by atoms with Crippen LogP contribution in [0.3, 0.4) is 0 Å². The van der Waals surface area contributed by atoms with E-state index in [2.05, 4.69) is 64.4 Å². The van der Waals surface area contributed by atoms with Crippen molar-refractivity contribution in [3.8, 4) is 0 Å². The molecular formula is C28H32N6OS. The molecule has 36 heavy (non-hydrogen) atoms. The lowest BCUT2D eigenvalue weighted by atomic mass is 9.71. The average molecular weight is 501 g/mol. The summed E-state index contributed by atoms with van der Waals surface area (Å²) in [7, 11) is 0. The highest BCUT2D eigenvalue weighted by molar-refractivity contribution is 7.71. The number of nitrogens with zero attached hydrogens (tertiary/aromatic N) is 5. The van der Waals surface area contributed by atoms with Crippen LogP contribution in [0.4, 0.5) is 0 Å². The van der Waals surface area contributed by atoms with Crippen LogP contribution in [0, 0.1) is 10.1 Å². The summed E-state index contributed by atoms with van der Waals surface area (Å²) in [6.07, 6.45) is 22.9. The molecule has 1 atom stereocenters. The number of fused-ring (bicyclic) bond motifs is 1. The molecule has 3 aromatic heterocycles. The zero-order chi connectivity index (χ0) is 25.9. The molecule has 8 heteroatoms. The molecule has 0 aromatic carbocycles. The van der Waals surface area contributed by atoms with Gasteiger partial charge in [0.1, 0.15) is 17.5 Å². The molecule has 0 aliphatic heterocycles. The van der Waals surface area contributed by atoms with E-state index in [1.807, 2.05) is 43.9 Å². The molecule has 0 saturated carbocycles. The molecule has 1 aliphatic rings. The van der Waals surface area contributed by atoms with Crippen molar-refractivity contribution >= 4 is 29.3 Å². The molecule has 1 unspecified atom stereocenters. The molecule has 0 spiro atoms. The first-order valence-electron chi connectivity index (χ1n) is 12.0. The Labute approximate surface area is 216 Å². The summed E-state index contributed by atoms with van der Waals surface area (Å²) in [5.74, 6) is -0.202. The van der Waals surface area contributed by atoms with Gasteiger partial charge in [-0.2, -0.15) is 0 Å². The topological polar surface area (TPSA) is 81.4 Å². The van der Waals surface area contributed by atoms with E-state index in [0.717, 1.165) is 24.0 Å². The van der Waals surface area contributed by atoms with Crippen LogP contribution in [0.1, 0.15) is 58.3 Å². The highest BCUT2D eigenvalue weighted by Crippen LogP contribution is 2.45. The quantitative estimate of drug-likeness (QED) is 0.231. The largest absolute Gasteiger partial charge is 0.330 e. The Morgan fingerprint density at radius 3 is 2.75 bits per heavy atom. The molecule has 0 bridgehead atoms. The van der Waals surface area contributed by atoms with Gasteiger partial charge in [-0.3, -0.25) is 9.36 Å². The Balaban J connectivity index is 1.47. The summed E-state index contributed by atoms with van der Waals surface area (Å²) in [4.78, 5) is 28.1. The molecule has 0 radical (unpaired) electrons. The van der Waals surface area contributed by atoms with Gasteiger partial charge in [0, 0.05) is 18.5 Å². The highest BCUT2D eigenvalue weighted by Gasteiger charge is 2.32. The fourth-order valence-electron chi connectivity index (χ4n) is 4.70. The van der Waals surface area contributed by atoms with Crippen molar-refractivity contribution in [3.05, 3.63) is 94.8 Å². The molecule has 0 fully saturated rings. The van der Waals surface area contributed by atoms with E-state index >= 15 is 0 Å². The number of aromatic amines is 1. The molecule has 4 rings (SSSR count). The Hall–Kier alpha value is -3.65. The maximum absolute atomic E-state index is 12.7. The van der Waals surface area contributed by atoms with E-state index in [-0.39, 0.29) is 11.3 Å². The predicted octanol–water partition coefficient (Wildman–Crippen LogP) is 6.71. The first-order valence-corrected chi connectivity index (χ1v) is 12.4. The van der Waals surface area contributed by atoms with Gasteiger partial charge in [0.25, 0.3) is 5.91 Å². The number of hydrogen-bond acceptors (Lipinski definition) is 5. The fraction of sp³-hybridized carbons (Fsp3) is 0.321. The number of hydrogen-bond donors (Lipinski definition) is 1. The normalized spacial score (nSPS) is 19.2. The minimum Gasteiger partial charge on any atom is -0.330 e. The summed E-state index contributed by atoms with van der Waals surface area (Å²) in [5.41, 5.74) is 5.92. The van der Waals surface area contributed by atoms with Gasteiger partial charge in [0.05, 0.1) is 18.7 Å². The molecule has 0 saturated heterocycles. The van der Waals surface area contributed by atoms with Crippen molar-refractivity contribution in [2.75, 3.05) is 0 Å². The van der Waals surface area contributed by atoms with Crippen LogP contribution in [0.2, 0.25) is 0 Å². The van der Waals surface area contributed by atoms with Crippen LogP contribution >= 0.6 is 12.2 Å². The second kappa shape index (κ2) is 10.5. The highest BCUT2D eigenvalue weighted by atomic mass is 32.1. The fourth-order valence-corrected chi connectivity index (χ4v) is 4.91. The third-order valence-electron chi connectivity index (χ3n) is 6.75. The number of rotatable bonds is 6. The molecule has 1 N–H and O–H groups in total. The standard InChI is InChI=1S/C28H32N6OS/c1-19(9-10-22-21(3)23(11-12-28(22,4)5)33-14-13-29-17-33)7-6-8-20(2)15-24(35)34-18-32-25-26(34)30-16-31-27(25)36/h6-10,13-18,23H,11-12H2,1-5H3,(H,30,31,36). The second-order valence-electron chi connectivity index (χ2n) is 9.89. The van der Waals surface area contributed by atoms with E-state index in [4.69, 9.17) is 12.2 Å². The molecule has 1 aliphatic carbocycles. The molecule has 3 aromatic rings. The number of nitrogens with one attached hydrogen (secondary N) is 1. The lowest BCUT2D eigenvalue weighted by Crippen LogP contribution is -2.25. The van der Waals surface area contributed by atoms with Crippen molar-refractivity contribution in [2.45, 2.75) is 53.5 Å². The monoisotopic (exact) mass is 500 g/mol. The summed E-state index contributed by atoms with van der Waals surface area (Å²) < 4.78 is 4.01. The van der Waals surface area contributed by atoms with E-state index < -0.39 is 0 Å². The van der Waals surface area contributed by atoms with Crippen LogP contribution in [0.15, 0.2) is 90.1 Å². The Morgan fingerprint density at radius 2 is 2.00 bits per heavy atom. The van der Waals surface area contributed by atoms with Gasteiger partial charge >= 0.3 is 0 Å². The number of carbonyl (C=O) groups is 1. The predicted molar refractivity (Wildman–Crippen MR) is 146 cm³/mol. The van der Waals surface area contributed by atoms with Crippen LogP contribution in [0.5, 0.6) is 0 Å². The Bertz CT molecular complexity index is 1480. The van der Waals surface area contributed by atoms with Crippen molar-refractivity contribution in [2.24, 2.45) is 5.41 Å². The van der Waals surface area contributed by atoms with Crippen LogP contribution in [-0.2, 0) is 0 Å². The molecule has 7 nitrogen and oxygen atoms in total. The smallest absolute Gasteiger partial charge is 0.257 e. The third-order valence-corrected chi connectivity index (χ3v) is 7.05. The van der Waals surface area contributed by atoms with Gasteiger partial charge in [-0.1, -0.05) is 62.0 Å². The van der Waals surface area contributed by atoms with Gasteiger partial charge in [0.15, 0.2) is 4.64 Å². The lowest BCUT2D eigenvalue weighted by Gasteiger charge is -2.37. The van der Waals surface area contributed by atoms with Crippen LogP contribution in [0.25, 0.3) is 11.2 Å². The van der Waals surface area contributed by atoms with E-state index in [9.17, 15) is 4.79 Å². The van der Waals surface area contributed by atoms with Gasteiger partial charge in [-0.15, -0.1) is 0 Å². The second-order valence-corrected chi connectivity index (χ2v) is 10.3. The minimum absolute atomic E-state index is 0.129. The van der Waals surface area contributed by atoms with Gasteiger partial charge < -0.3 is 9.55 Å². The third kappa shape index (κ3) is 5.44. The molecule has 0 amide bonds. The van der Waals surface area contributed by atoms with E-state index in [0.29, 0.717) is 21.8 Å². The van der Waals surface area contributed by atoms with E-state index in [1.54, 1.807) is 6.08 Å². The SMILES string of the molecule is CC(C=CC1=C(C)C(n2ccnc2)CCC1(C)C)=CC=CC(C)=CC(=O)n1cnc2c(=S)nc[nH]c21. The van der Waals surface area contributed by atoms with E-state index in [1.165, 1.54) is 28.4 Å². The molecule has 3 heterocycles. The first kappa shape index (κ1) is 25.4. The van der Waals surface area contributed by atoms with Crippen molar-refractivity contribution in [1.82, 2.24) is 29.1 Å². The number of carbonyl (C=O) groups excluding carboxylic acids is 1. The Morgan fingerprint density at radius 1 is 1.19 bits per heavy atom. The lowest BCUT2D eigenvalue weighted by molar-refractivity contribution is 0.0972. The summed E-state index contributed by atoms with van der Waals surface area (Å²) in [6.45, 7) is 10.8. The van der Waals surface area contributed by atoms with Crippen LogP contribution in [-0.4, -0.2) is 35.0 Å². The number of allylic oxidation sites excluding steroid dienone is 10. The van der Waals surface area contributed by atoms with Crippen LogP contribution < -0.4 is 0 Å². The minimum atomic E-state index is -0.202. The summed E-state index contributed by atoms with van der Waals surface area (Å²) in [6, 6.07) is 0.355. The zero-order valence-corrected chi connectivity index (χ0v) is 22.2. The number of imidazole rings is 2. The van der Waals surface area contributed by atoms with Gasteiger partial charge in [-0.05, 0) is 55.7 Å². The molecule has 186 valence electrons. The summed E-state index contributed by atoms with van der Waals surface area (Å²) in [5, 5.41) is 0. The van der Waals surface area contributed by atoms with Gasteiger partial charge in [0.2, 0.25) is 0 Å². The summed E-state index contributed by atoms with van der Waals surface area (Å²) >= 11 is 5.17.